The van der Waals surface area contributed by atoms with Gasteiger partial charge in [0.2, 0.25) is 0 Å². The van der Waals surface area contributed by atoms with Gasteiger partial charge in [0, 0.05) is 86.9 Å². The molecule has 2 aliphatic heterocycles. The van der Waals surface area contributed by atoms with Crippen LogP contribution in [-0.4, -0.2) is 80.1 Å². The number of carbonyl (C=O) groups excluding carboxylic acids is 1. The summed E-state index contributed by atoms with van der Waals surface area (Å²) < 4.78 is 82.2. The van der Waals surface area contributed by atoms with Gasteiger partial charge in [-0.2, -0.15) is 13.2 Å². The Morgan fingerprint density at radius 1 is 0.968 bits per heavy atom. The summed E-state index contributed by atoms with van der Waals surface area (Å²) in [4.78, 5) is 36.3. The van der Waals surface area contributed by atoms with Crippen LogP contribution in [0.1, 0.15) is 34.3 Å². The number of nitrogens with zero attached hydrogens (tertiary/aromatic N) is 4. The first-order valence-electron chi connectivity index (χ1n) is 20.1. The third kappa shape index (κ3) is 10.2. The molecule has 2 saturated heterocycles. The highest BCUT2D eigenvalue weighted by atomic mass is 35.5. The summed E-state index contributed by atoms with van der Waals surface area (Å²) in [5.41, 5.74) is 1.88. The third-order valence-corrected chi connectivity index (χ3v) is 12.7. The number of piperazine rings is 1. The number of fused-ring (bicyclic) bond motifs is 1. The molecular weight excluding hydrogens is 863 g/mol. The van der Waals surface area contributed by atoms with Crippen LogP contribution in [0, 0.1) is 16.0 Å². The molecule has 19 heteroatoms. The number of aromatic nitrogens is 2. The first-order valence-corrected chi connectivity index (χ1v) is 21.9. The second-order valence-electron chi connectivity index (χ2n) is 15.3. The van der Waals surface area contributed by atoms with E-state index in [9.17, 15) is 36.5 Å². The highest BCUT2D eigenvalue weighted by Gasteiger charge is 2.32. The van der Waals surface area contributed by atoms with E-state index in [1.54, 1.807) is 54.7 Å². The Kier molecular flexibility index (Phi) is 12.6. The van der Waals surface area contributed by atoms with Crippen molar-refractivity contribution in [2.75, 3.05) is 56.2 Å². The van der Waals surface area contributed by atoms with Crippen molar-refractivity contribution in [3.63, 3.8) is 0 Å². The van der Waals surface area contributed by atoms with Crippen molar-refractivity contribution < 1.29 is 40.8 Å². The molecule has 63 heavy (non-hydrogen) atoms. The Labute approximate surface area is 365 Å². The van der Waals surface area contributed by atoms with Gasteiger partial charge in [-0.25, -0.2) is 18.1 Å². The van der Waals surface area contributed by atoms with E-state index >= 15 is 0 Å². The molecule has 3 N–H and O–H groups in total. The van der Waals surface area contributed by atoms with Crippen LogP contribution in [0.3, 0.4) is 0 Å². The van der Waals surface area contributed by atoms with E-state index in [4.69, 9.17) is 21.1 Å². The zero-order chi connectivity index (χ0) is 44.3. The summed E-state index contributed by atoms with van der Waals surface area (Å²) in [5.74, 6) is -0.497. The quantitative estimate of drug-likeness (QED) is 0.0747. The van der Waals surface area contributed by atoms with E-state index < -0.39 is 43.2 Å². The number of carbonyl (C=O) groups is 1. The SMILES string of the molecule is O=C(NS(=O)(=O)c1ccc(NCC2CCOCC2)c([N+](=O)[O-])c1)c1ccc(N2CCN(Cc3ccc(C(F)(F)F)cc3-c3ccc(Cl)cc3)CC2)cc1Oc1cnc2[nH]ccc2c1. The van der Waals surface area contributed by atoms with Gasteiger partial charge in [0.1, 0.15) is 22.8 Å². The van der Waals surface area contributed by atoms with E-state index in [-0.39, 0.29) is 28.7 Å². The number of nitro groups is 1. The Bertz CT molecular complexity index is 2760. The van der Waals surface area contributed by atoms with Gasteiger partial charge in [-0.15, -0.1) is 0 Å². The van der Waals surface area contributed by atoms with Gasteiger partial charge < -0.3 is 24.7 Å². The van der Waals surface area contributed by atoms with Gasteiger partial charge in [0.15, 0.2) is 0 Å². The summed E-state index contributed by atoms with van der Waals surface area (Å²) in [7, 11) is -4.62. The zero-order valence-electron chi connectivity index (χ0n) is 33.5. The van der Waals surface area contributed by atoms with E-state index in [0.29, 0.717) is 80.0 Å². The van der Waals surface area contributed by atoms with Crippen molar-refractivity contribution in [3.8, 4) is 22.6 Å². The van der Waals surface area contributed by atoms with Gasteiger partial charge in [-0.1, -0.05) is 29.8 Å². The van der Waals surface area contributed by atoms with Gasteiger partial charge >= 0.3 is 6.18 Å². The Hall–Kier alpha value is -6.21. The number of pyridine rings is 1. The summed E-state index contributed by atoms with van der Waals surface area (Å²) in [6.07, 6.45) is 0.241. The molecule has 328 valence electrons. The number of H-pyrrole nitrogens is 1. The second-order valence-corrected chi connectivity index (χ2v) is 17.4. The maximum atomic E-state index is 13.9. The fourth-order valence-electron chi connectivity index (χ4n) is 7.70. The molecule has 0 bridgehead atoms. The van der Waals surface area contributed by atoms with Crippen molar-refractivity contribution in [1.82, 2.24) is 19.6 Å². The molecular formula is C44H41ClF3N7O7S. The molecule has 0 radical (unpaired) electrons. The number of halogens is 4. The molecule has 8 rings (SSSR count). The minimum absolute atomic E-state index is 0.0234. The van der Waals surface area contributed by atoms with Crippen molar-refractivity contribution in [3.05, 3.63) is 135 Å². The van der Waals surface area contributed by atoms with Gasteiger partial charge in [0.05, 0.1) is 27.1 Å². The Morgan fingerprint density at radius 3 is 2.46 bits per heavy atom. The molecule has 2 fully saturated rings. The molecule has 4 aromatic carbocycles. The predicted molar refractivity (Wildman–Crippen MR) is 232 cm³/mol. The van der Waals surface area contributed by atoms with Crippen LogP contribution in [0.4, 0.5) is 30.2 Å². The van der Waals surface area contributed by atoms with Crippen molar-refractivity contribution >= 4 is 55.6 Å². The highest BCUT2D eigenvalue weighted by molar-refractivity contribution is 7.90. The Balaban J connectivity index is 1.01. The van der Waals surface area contributed by atoms with Crippen LogP contribution in [0.5, 0.6) is 11.5 Å². The number of alkyl halides is 3. The van der Waals surface area contributed by atoms with Crippen molar-refractivity contribution in [1.29, 1.82) is 0 Å². The lowest BCUT2D eigenvalue weighted by atomic mass is 9.96. The maximum absolute atomic E-state index is 13.9. The number of nitro benzene ring substituents is 1. The first kappa shape index (κ1) is 43.4. The number of benzene rings is 4. The van der Waals surface area contributed by atoms with Gasteiger partial charge in [0.25, 0.3) is 21.6 Å². The number of hydrogen-bond donors (Lipinski definition) is 3. The molecule has 14 nitrogen and oxygen atoms in total. The molecule has 0 aliphatic carbocycles. The summed E-state index contributed by atoms with van der Waals surface area (Å²) >= 11 is 6.07. The van der Waals surface area contributed by atoms with Crippen LogP contribution in [0.2, 0.25) is 5.02 Å². The standard InChI is InChI=1S/C44H41ClF3N7O7S/c45-33-5-2-29(3-6-33)38-22-32(44(46,47)48)4-1-31(38)27-53-15-17-54(18-16-53)34-7-9-37(41(23-34)62-35-21-30-11-14-49-42(30)51-26-35)43(56)52-63(59,60)36-8-10-39(40(24-36)55(57)58)50-25-28-12-19-61-20-13-28/h1-11,14,21-24,26,28,50H,12-13,15-20,25,27H2,(H,49,51)(H,52,56). The number of ether oxygens (including phenoxy) is 2. The lowest BCUT2D eigenvalue weighted by molar-refractivity contribution is -0.384. The average Bonchev–Trinajstić information content (AvgIpc) is 3.74. The molecule has 2 aromatic heterocycles. The smallest absolute Gasteiger partial charge is 0.416 e. The van der Waals surface area contributed by atoms with E-state index in [2.05, 4.69) is 29.8 Å². The van der Waals surface area contributed by atoms with Crippen LogP contribution in [0.25, 0.3) is 22.2 Å². The number of nitrogens with one attached hydrogen (secondary N) is 3. The predicted octanol–water partition coefficient (Wildman–Crippen LogP) is 8.88. The van der Waals surface area contributed by atoms with Crippen LogP contribution < -0.4 is 19.7 Å². The van der Waals surface area contributed by atoms with Gasteiger partial charge in [-0.3, -0.25) is 19.8 Å². The normalized spacial score (nSPS) is 15.3. The zero-order valence-corrected chi connectivity index (χ0v) is 35.1. The molecule has 1 amide bonds. The number of hydrogen-bond acceptors (Lipinski definition) is 11. The van der Waals surface area contributed by atoms with Gasteiger partial charge in [-0.05, 0) is 96.1 Å². The largest absolute Gasteiger partial charge is 0.455 e. The van der Waals surface area contributed by atoms with Crippen molar-refractivity contribution in [2.45, 2.75) is 30.5 Å². The first-order chi connectivity index (χ1) is 30.2. The molecule has 0 saturated carbocycles. The molecule has 2 aliphatic rings. The van der Waals surface area contributed by atoms with E-state index in [1.165, 1.54) is 30.5 Å². The molecule has 4 heterocycles. The molecule has 0 atom stereocenters. The summed E-state index contributed by atoms with van der Waals surface area (Å²) in [6, 6.07) is 22.1. The number of sulfonamides is 1. The molecule has 6 aromatic rings. The molecule has 0 unspecified atom stereocenters. The minimum atomic E-state index is -4.62. The maximum Gasteiger partial charge on any atom is 0.416 e. The number of aromatic amines is 1. The second kappa shape index (κ2) is 18.3. The third-order valence-electron chi connectivity index (χ3n) is 11.2. The monoisotopic (exact) mass is 903 g/mol. The van der Waals surface area contributed by atoms with Crippen molar-refractivity contribution in [2.24, 2.45) is 5.92 Å². The Morgan fingerprint density at radius 2 is 1.73 bits per heavy atom. The van der Waals surface area contributed by atoms with E-state index in [1.807, 2.05) is 0 Å². The minimum Gasteiger partial charge on any atom is -0.455 e. The average molecular weight is 904 g/mol. The number of anilines is 2. The number of rotatable bonds is 13. The number of amides is 1. The van der Waals surface area contributed by atoms with Crippen LogP contribution in [-0.2, 0) is 27.5 Å². The van der Waals surface area contributed by atoms with Crippen LogP contribution >= 0.6 is 11.6 Å². The lowest BCUT2D eigenvalue weighted by Crippen LogP contribution is -2.46. The topological polar surface area (TPSA) is 172 Å². The fourth-order valence-corrected chi connectivity index (χ4v) is 8.81. The van der Waals surface area contributed by atoms with Crippen LogP contribution in [0.15, 0.2) is 108 Å². The fraction of sp³-hybridized carbons (Fsp3) is 0.273. The lowest BCUT2D eigenvalue weighted by Gasteiger charge is -2.36. The molecule has 0 spiro atoms. The van der Waals surface area contributed by atoms with E-state index in [0.717, 1.165) is 42.0 Å². The summed E-state index contributed by atoms with van der Waals surface area (Å²) in [5, 5.41) is 16.3. The highest BCUT2D eigenvalue weighted by Crippen LogP contribution is 2.37. The summed E-state index contributed by atoms with van der Waals surface area (Å²) in [6.45, 7) is 4.13.